The Morgan fingerprint density at radius 1 is 1.08 bits per heavy atom. The largest absolute Gasteiger partial charge is 0.344 e. The van der Waals surface area contributed by atoms with Crippen LogP contribution >= 0.6 is 0 Å². The van der Waals surface area contributed by atoms with Gasteiger partial charge in [0.1, 0.15) is 5.69 Å². The molecule has 0 spiro atoms. The van der Waals surface area contributed by atoms with E-state index in [9.17, 15) is 4.79 Å². The monoisotopic (exact) mass is 345 g/mol. The molecule has 0 bridgehead atoms. The van der Waals surface area contributed by atoms with Gasteiger partial charge in [-0.1, -0.05) is 30.3 Å². The number of nitrogens with one attached hydrogen (secondary N) is 1. The van der Waals surface area contributed by atoms with Crippen molar-refractivity contribution in [3.63, 3.8) is 0 Å². The van der Waals surface area contributed by atoms with E-state index in [-0.39, 0.29) is 11.9 Å². The zero-order valence-electron chi connectivity index (χ0n) is 14.5. The highest BCUT2D eigenvalue weighted by molar-refractivity contribution is 5.92. The smallest absolute Gasteiger partial charge is 0.271 e. The Morgan fingerprint density at radius 3 is 2.69 bits per heavy atom. The van der Waals surface area contributed by atoms with E-state index in [0.717, 1.165) is 47.6 Å². The molecule has 4 rings (SSSR count). The van der Waals surface area contributed by atoms with E-state index in [4.69, 9.17) is 4.98 Å². The molecule has 26 heavy (non-hydrogen) atoms. The number of rotatable bonds is 3. The molecule has 6 nitrogen and oxygen atoms in total. The van der Waals surface area contributed by atoms with Crippen LogP contribution < -0.4 is 5.32 Å². The Balaban J connectivity index is 1.57. The average molecular weight is 345 g/mol. The molecule has 0 radical (unpaired) electrons. The Labute approximate surface area is 151 Å². The summed E-state index contributed by atoms with van der Waals surface area (Å²) in [5.74, 6) is 0.503. The average Bonchev–Trinajstić information content (AvgIpc) is 2.69. The molecule has 0 saturated carbocycles. The SMILES string of the molecule is Cc1cnc(C(=O)N[C@H]2CCCc3nc(-c4ccccc4)ncc32)cn1. The van der Waals surface area contributed by atoms with Crippen LogP contribution in [0.1, 0.15) is 46.3 Å². The number of nitrogens with zero attached hydrogens (tertiary/aromatic N) is 4. The fraction of sp³-hybridized carbons (Fsp3) is 0.250. The Bertz CT molecular complexity index is 925. The summed E-state index contributed by atoms with van der Waals surface area (Å²) in [5.41, 5.74) is 4.10. The van der Waals surface area contributed by atoms with E-state index >= 15 is 0 Å². The second kappa shape index (κ2) is 7.00. The Hall–Kier alpha value is -3.15. The third-order valence-corrected chi connectivity index (χ3v) is 4.53. The summed E-state index contributed by atoms with van der Waals surface area (Å²) in [5, 5.41) is 3.05. The normalized spacial score (nSPS) is 16.0. The molecule has 1 amide bonds. The fourth-order valence-corrected chi connectivity index (χ4v) is 3.17. The molecule has 0 aliphatic heterocycles. The third kappa shape index (κ3) is 3.31. The lowest BCUT2D eigenvalue weighted by molar-refractivity contribution is 0.0927. The summed E-state index contributed by atoms with van der Waals surface area (Å²) in [6.07, 6.45) is 7.68. The minimum atomic E-state index is -0.220. The van der Waals surface area contributed by atoms with Crippen molar-refractivity contribution < 1.29 is 4.79 Å². The first kappa shape index (κ1) is 16.3. The second-order valence-corrected chi connectivity index (χ2v) is 6.42. The van der Waals surface area contributed by atoms with Gasteiger partial charge >= 0.3 is 0 Å². The van der Waals surface area contributed by atoms with E-state index in [1.165, 1.54) is 6.20 Å². The molecular weight excluding hydrogens is 326 g/mol. The third-order valence-electron chi connectivity index (χ3n) is 4.53. The van der Waals surface area contributed by atoms with Crippen molar-refractivity contribution in [2.75, 3.05) is 0 Å². The van der Waals surface area contributed by atoms with Gasteiger partial charge in [0.15, 0.2) is 5.82 Å². The number of fused-ring (bicyclic) bond motifs is 1. The van der Waals surface area contributed by atoms with Gasteiger partial charge in [-0.3, -0.25) is 9.78 Å². The molecule has 0 unspecified atom stereocenters. The summed E-state index contributed by atoms with van der Waals surface area (Å²) in [4.78, 5) is 30.0. The maximum atomic E-state index is 12.5. The molecule has 130 valence electrons. The van der Waals surface area contributed by atoms with Gasteiger partial charge in [-0.2, -0.15) is 0 Å². The fourth-order valence-electron chi connectivity index (χ4n) is 3.17. The van der Waals surface area contributed by atoms with E-state index in [1.807, 2.05) is 43.5 Å². The lowest BCUT2D eigenvalue weighted by Gasteiger charge is -2.25. The highest BCUT2D eigenvalue weighted by Gasteiger charge is 2.24. The van der Waals surface area contributed by atoms with Crippen molar-refractivity contribution in [3.05, 3.63) is 71.6 Å². The number of benzene rings is 1. The first-order valence-corrected chi connectivity index (χ1v) is 8.71. The lowest BCUT2D eigenvalue weighted by Crippen LogP contribution is -2.32. The van der Waals surface area contributed by atoms with E-state index in [0.29, 0.717) is 5.69 Å². The molecular formula is C20H19N5O. The molecule has 2 aromatic heterocycles. The van der Waals surface area contributed by atoms with Crippen LogP contribution in [-0.2, 0) is 6.42 Å². The van der Waals surface area contributed by atoms with Crippen molar-refractivity contribution >= 4 is 5.91 Å². The molecule has 1 atom stereocenters. The van der Waals surface area contributed by atoms with E-state index in [1.54, 1.807) is 6.20 Å². The number of aryl methyl sites for hydroxylation is 2. The van der Waals surface area contributed by atoms with Crippen LogP contribution in [0.3, 0.4) is 0 Å². The van der Waals surface area contributed by atoms with Gasteiger partial charge in [-0.05, 0) is 26.2 Å². The molecule has 1 aromatic carbocycles. The number of carbonyl (C=O) groups excluding carboxylic acids is 1. The van der Waals surface area contributed by atoms with Crippen molar-refractivity contribution in [1.82, 2.24) is 25.3 Å². The first-order chi connectivity index (χ1) is 12.7. The standard InChI is InChI=1S/C20H19N5O/c1-13-10-22-18(12-21-13)20(26)25-17-9-5-8-16-15(17)11-23-19(24-16)14-6-3-2-4-7-14/h2-4,6-7,10-12,17H,5,8-9H2,1H3,(H,25,26)/t17-/m0/s1. The van der Waals surface area contributed by atoms with Crippen LogP contribution in [0.25, 0.3) is 11.4 Å². The minimum absolute atomic E-state index is 0.0980. The first-order valence-electron chi connectivity index (χ1n) is 8.71. The molecule has 0 saturated heterocycles. The van der Waals surface area contributed by atoms with Gasteiger partial charge in [-0.15, -0.1) is 0 Å². The van der Waals surface area contributed by atoms with Gasteiger partial charge in [0.25, 0.3) is 5.91 Å². The summed E-state index contributed by atoms with van der Waals surface area (Å²) >= 11 is 0. The zero-order valence-corrected chi connectivity index (χ0v) is 14.5. The molecule has 6 heteroatoms. The van der Waals surface area contributed by atoms with Crippen LogP contribution in [0.15, 0.2) is 48.9 Å². The Morgan fingerprint density at radius 2 is 1.92 bits per heavy atom. The lowest BCUT2D eigenvalue weighted by atomic mass is 9.92. The quantitative estimate of drug-likeness (QED) is 0.789. The molecule has 1 N–H and O–H groups in total. The van der Waals surface area contributed by atoms with Crippen molar-refractivity contribution in [1.29, 1.82) is 0 Å². The van der Waals surface area contributed by atoms with E-state index in [2.05, 4.69) is 20.3 Å². The van der Waals surface area contributed by atoms with Gasteiger partial charge in [-0.25, -0.2) is 15.0 Å². The Kier molecular flexibility index (Phi) is 4.39. The van der Waals surface area contributed by atoms with Crippen LogP contribution in [0.2, 0.25) is 0 Å². The topological polar surface area (TPSA) is 80.7 Å². The summed E-state index contributed by atoms with van der Waals surface area (Å²) in [6.45, 7) is 1.84. The van der Waals surface area contributed by atoms with Gasteiger partial charge < -0.3 is 5.32 Å². The summed E-state index contributed by atoms with van der Waals surface area (Å²) < 4.78 is 0. The number of carbonyl (C=O) groups is 1. The molecule has 2 heterocycles. The van der Waals surface area contributed by atoms with E-state index < -0.39 is 0 Å². The summed E-state index contributed by atoms with van der Waals surface area (Å²) in [7, 11) is 0. The second-order valence-electron chi connectivity index (χ2n) is 6.42. The predicted octanol–water partition coefficient (Wildman–Crippen LogP) is 3.05. The van der Waals surface area contributed by atoms with Crippen LogP contribution in [0, 0.1) is 6.92 Å². The van der Waals surface area contributed by atoms with Gasteiger partial charge in [0, 0.05) is 29.2 Å². The maximum Gasteiger partial charge on any atom is 0.271 e. The number of hydrogen-bond acceptors (Lipinski definition) is 5. The molecule has 3 aromatic rings. The van der Waals surface area contributed by atoms with Crippen molar-refractivity contribution in [3.8, 4) is 11.4 Å². The van der Waals surface area contributed by atoms with Crippen LogP contribution in [0.4, 0.5) is 0 Å². The maximum absolute atomic E-state index is 12.5. The molecule has 1 aliphatic carbocycles. The molecule has 1 aliphatic rings. The zero-order chi connectivity index (χ0) is 17.9. The molecule has 0 fully saturated rings. The van der Waals surface area contributed by atoms with Gasteiger partial charge in [0.2, 0.25) is 0 Å². The highest BCUT2D eigenvalue weighted by Crippen LogP contribution is 2.29. The van der Waals surface area contributed by atoms with Crippen molar-refractivity contribution in [2.45, 2.75) is 32.2 Å². The predicted molar refractivity (Wildman–Crippen MR) is 97.4 cm³/mol. The number of hydrogen-bond donors (Lipinski definition) is 1. The highest BCUT2D eigenvalue weighted by atomic mass is 16.1. The number of aromatic nitrogens is 4. The van der Waals surface area contributed by atoms with Crippen LogP contribution in [-0.4, -0.2) is 25.8 Å². The summed E-state index contributed by atoms with van der Waals surface area (Å²) in [6, 6.07) is 9.83. The minimum Gasteiger partial charge on any atom is -0.344 e. The van der Waals surface area contributed by atoms with Crippen LogP contribution in [0.5, 0.6) is 0 Å². The van der Waals surface area contributed by atoms with Gasteiger partial charge in [0.05, 0.1) is 17.9 Å². The van der Waals surface area contributed by atoms with Crippen molar-refractivity contribution in [2.24, 2.45) is 0 Å². The number of amides is 1.